The summed E-state index contributed by atoms with van der Waals surface area (Å²) in [5, 5.41) is 3.42. The van der Waals surface area contributed by atoms with Crippen molar-refractivity contribution in [1.82, 2.24) is 4.90 Å². The van der Waals surface area contributed by atoms with Crippen LogP contribution in [0.2, 0.25) is 18.1 Å². The molecule has 1 N–H and O–H groups in total. The molecule has 0 unspecified atom stereocenters. The zero-order valence-electron chi connectivity index (χ0n) is 20.5. The molecule has 0 saturated carbocycles. The van der Waals surface area contributed by atoms with Crippen LogP contribution in [0.15, 0.2) is 48.5 Å². The number of hydrogen-bond acceptors (Lipinski definition) is 4. The molecular formula is C26H37FN2O3Si. The quantitative estimate of drug-likeness (QED) is 0.464. The van der Waals surface area contributed by atoms with E-state index in [1.54, 1.807) is 17.0 Å². The van der Waals surface area contributed by atoms with Crippen molar-refractivity contribution >= 4 is 20.1 Å². The Morgan fingerprint density at radius 3 is 2.36 bits per heavy atom. The maximum Gasteiger partial charge on any atom is 0.410 e. The van der Waals surface area contributed by atoms with Crippen LogP contribution in [0.25, 0.3) is 0 Å². The summed E-state index contributed by atoms with van der Waals surface area (Å²) in [4.78, 5) is 14.1. The third kappa shape index (κ3) is 6.80. The zero-order valence-corrected chi connectivity index (χ0v) is 21.5. The molecule has 0 radical (unpaired) electrons. The van der Waals surface area contributed by atoms with E-state index >= 15 is 4.39 Å². The lowest BCUT2D eigenvalue weighted by Crippen LogP contribution is -2.42. The minimum absolute atomic E-state index is 0.0789. The van der Waals surface area contributed by atoms with Crippen LogP contribution < -0.4 is 5.32 Å². The standard InChI is InChI=1S/C26H37FN2O3Si/c1-26(2,3)33(4,5)32-19-21-12-9-13-23(24(21)27)28-22-14-16-29(17-15-22)25(30)31-18-20-10-7-6-8-11-20/h6-13,22,28H,14-19H2,1-5H3. The Morgan fingerprint density at radius 2 is 1.73 bits per heavy atom. The number of benzene rings is 2. The van der Waals surface area contributed by atoms with E-state index in [1.807, 2.05) is 36.4 Å². The molecule has 0 aliphatic carbocycles. The number of amides is 1. The molecule has 3 rings (SSSR count). The van der Waals surface area contributed by atoms with E-state index < -0.39 is 8.32 Å². The van der Waals surface area contributed by atoms with Gasteiger partial charge in [0.05, 0.1) is 12.3 Å². The van der Waals surface area contributed by atoms with E-state index in [0.29, 0.717) is 24.3 Å². The van der Waals surface area contributed by atoms with Crippen molar-refractivity contribution in [3.8, 4) is 0 Å². The van der Waals surface area contributed by atoms with Gasteiger partial charge in [0.1, 0.15) is 6.61 Å². The van der Waals surface area contributed by atoms with Crippen LogP contribution in [0, 0.1) is 5.82 Å². The Balaban J connectivity index is 1.50. The summed E-state index contributed by atoms with van der Waals surface area (Å²) in [5.74, 6) is -0.249. The number of carbonyl (C=O) groups is 1. The van der Waals surface area contributed by atoms with Gasteiger partial charge in [-0.1, -0.05) is 63.2 Å². The fourth-order valence-electron chi connectivity index (χ4n) is 3.51. The van der Waals surface area contributed by atoms with Gasteiger partial charge < -0.3 is 19.4 Å². The second kappa shape index (κ2) is 10.7. The van der Waals surface area contributed by atoms with Crippen LogP contribution >= 0.6 is 0 Å². The van der Waals surface area contributed by atoms with Crippen LogP contribution in [0.5, 0.6) is 0 Å². The zero-order chi connectivity index (χ0) is 24.1. The number of anilines is 1. The monoisotopic (exact) mass is 472 g/mol. The van der Waals surface area contributed by atoms with E-state index in [1.165, 1.54) is 0 Å². The maximum atomic E-state index is 15.2. The predicted molar refractivity (Wildman–Crippen MR) is 133 cm³/mol. The lowest BCUT2D eigenvalue weighted by atomic mass is 10.0. The van der Waals surface area contributed by atoms with Gasteiger partial charge in [-0.05, 0) is 42.6 Å². The summed E-state index contributed by atoms with van der Waals surface area (Å²) >= 11 is 0. The summed E-state index contributed by atoms with van der Waals surface area (Å²) in [6, 6.07) is 15.2. The highest BCUT2D eigenvalue weighted by Gasteiger charge is 2.37. The van der Waals surface area contributed by atoms with E-state index in [0.717, 1.165) is 18.4 Å². The lowest BCUT2D eigenvalue weighted by molar-refractivity contribution is 0.0881. The Morgan fingerprint density at radius 1 is 1.06 bits per heavy atom. The molecule has 5 nitrogen and oxygen atoms in total. The fourth-order valence-corrected chi connectivity index (χ4v) is 4.46. The SMILES string of the molecule is CC(C)(C)[Si](C)(C)OCc1cccc(NC2CCN(C(=O)OCc3ccccc3)CC2)c1F. The summed E-state index contributed by atoms with van der Waals surface area (Å²) < 4.78 is 26.8. The first-order valence-corrected chi connectivity index (χ1v) is 14.6. The van der Waals surface area contributed by atoms with E-state index in [4.69, 9.17) is 9.16 Å². The number of piperidine rings is 1. The van der Waals surface area contributed by atoms with Gasteiger partial charge in [0.25, 0.3) is 0 Å². The van der Waals surface area contributed by atoms with Crippen LogP contribution in [-0.2, 0) is 22.4 Å². The fraction of sp³-hybridized carbons (Fsp3) is 0.500. The topological polar surface area (TPSA) is 50.8 Å². The molecule has 33 heavy (non-hydrogen) atoms. The number of ether oxygens (including phenoxy) is 1. The minimum Gasteiger partial charge on any atom is -0.445 e. The first-order valence-electron chi connectivity index (χ1n) is 11.7. The number of carbonyl (C=O) groups excluding carboxylic acids is 1. The largest absolute Gasteiger partial charge is 0.445 e. The van der Waals surface area contributed by atoms with Crippen LogP contribution in [0.4, 0.5) is 14.9 Å². The molecule has 1 heterocycles. The number of rotatable bonds is 7. The maximum absolute atomic E-state index is 15.2. The van der Waals surface area contributed by atoms with Crippen molar-refractivity contribution in [2.75, 3.05) is 18.4 Å². The highest BCUT2D eigenvalue weighted by atomic mass is 28.4. The first-order chi connectivity index (χ1) is 15.6. The molecule has 2 aromatic carbocycles. The molecule has 2 aromatic rings. The lowest BCUT2D eigenvalue weighted by Gasteiger charge is -2.36. The average molecular weight is 473 g/mol. The Kier molecular flexibility index (Phi) is 8.18. The summed E-state index contributed by atoms with van der Waals surface area (Å²) in [6.07, 6.45) is 1.18. The first kappa shape index (κ1) is 25.2. The molecule has 0 atom stereocenters. The van der Waals surface area contributed by atoms with Crippen molar-refractivity contribution in [1.29, 1.82) is 0 Å². The van der Waals surface area contributed by atoms with Crippen molar-refractivity contribution in [2.24, 2.45) is 0 Å². The normalized spacial score (nSPS) is 15.4. The highest BCUT2D eigenvalue weighted by Crippen LogP contribution is 2.37. The third-order valence-corrected chi connectivity index (χ3v) is 11.3. The molecular weight excluding hydrogens is 435 g/mol. The van der Waals surface area contributed by atoms with Gasteiger partial charge in [-0.2, -0.15) is 0 Å². The number of likely N-dealkylation sites (tertiary alicyclic amines) is 1. The molecule has 0 bridgehead atoms. The molecule has 0 aromatic heterocycles. The van der Waals surface area contributed by atoms with Crippen molar-refractivity contribution < 1.29 is 18.3 Å². The minimum atomic E-state index is -1.95. The van der Waals surface area contributed by atoms with Crippen LogP contribution in [0.1, 0.15) is 44.7 Å². The van der Waals surface area contributed by atoms with Gasteiger partial charge in [-0.15, -0.1) is 0 Å². The van der Waals surface area contributed by atoms with Crippen molar-refractivity contribution in [3.63, 3.8) is 0 Å². The summed E-state index contributed by atoms with van der Waals surface area (Å²) in [5.41, 5.74) is 2.04. The number of nitrogens with zero attached hydrogens (tertiary/aromatic N) is 1. The van der Waals surface area contributed by atoms with Gasteiger partial charge in [-0.25, -0.2) is 9.18 Å². The van der Waals surface area contributed by atoms with Gasteiger partial charge in [0.15, 0.2) is 14.1 Å². The predicted octanol–water partition coefficient (Wildman–Crippen LogP) is 6.56. The number of nitrogens with one attached hydrogen (secondary N) is 1. The highest BCUT2D eigenvalue weighted by molar-refractivity contribution is 6.74. The number of hydrogen-bond donors (Lipinski definition) is 1. The molecule has 1 amide bonds. The van der Waals surface area contributed by atoms with Gasteiger partial charge in [0, 0.05) is 24.7 Å². The molecule has 180 valence electrons. The summed E-state index contributed by atoms with van der Waals surface area (Å²) in [6.45, 7) is 12.6. The van der Waals surface area contributed by atoms with Crippen molar-refractivity contribution in [3.05, 3.63) is 65.5 Å². The second-order valence-electron chi connectivity index (χ2n) is 10.3. The molecule has 1 saturated heterocycles. The van der Waals surface area contributed by atoms with Crippen molar-refractivity contribution in [2.45, 2.75) is 71.0 Å². The molecule has 0 spiro atoms. The third-order valence-electron chi connectivity index (χ3n) is 6.79. The molecule has 1 fully saturated rings. The second-order valence-corrected chi connectivity index (χ2v) is 15.1. The van der Waals surface area contributed by atoms with Gasteiger partial charge >= 0.3 is 6.09 Å². The van der Waals surface area contributed by atoms with Crippen LogP contribution in [-0.4, -0.2) is 38.4 Å². The van der Waals surface area contributed by atoms with Gasteiger partial charge in [-0.3, -0.25) is 0 Å². The smallest absolute Gasteiger partial charge is 0.410 e. The molecule has 7 heteroatoms. The molecule has 1 aliphatic rings. The Labute approximate surface area is 198 Å². The Hall–Kier alpha value is -2.38. The Bertz CT molecular complexity index is 923. The summed E-state index contributed by atoms with van der Waals surface area (Å²) in [7, 11) is -1.95. The molecule has 1 aliphatic heterocycles. The van der Waals surface area contributed by atoms with Gasteiger partial charge in [0.2, 0.25) is 0 Å². The van der Waals surface area contributed by atoms with E-state index in [-0.39, 0.29) is 36.2 Å². The average Bonchev–Trinajstić information content (AvgIpc) is 2.78. The van der Waals surface area contributed by atoms with E-state index in [9.17, 15) is 4.79 Å². The number of halogens is 1. The van der Waals surface area contributed by atoms with Crippen LogP contribution in [0.3, 0.4) is 0 Å². The van der Waals surface area contributed by atoms with E-state index in [2.05, 4.69) is 39.2 Å².